The van der Waals surface area contributed by atoms with Crippen LogP contribution in [0.5, 0.6) is 5.75 Å². The maximum Gasteiger partial charge on any atom is 0.267 e. The quantitative estimate of drug-likeness (QED) is 0.569. The van der Waals surface area contributed by atoms with Gasteiger partial charge in [-0.1, -0.05) is 36.4 Å². The Morgan fingerprint density at radius 1 is 0.939 bits per heavy atom. The topological polar surface area (TPSA) is 79.7 Å². The molecule has 0 spiro atoms. The number of carbonyl (C=O) groups is 1. The van der Waals surface area contributed by atoms with Gasteiger partial charge in [0, 0.05) is 44.5 Å². The molecule has 33 heavy (non-hydrogen) atoms. The van der Waals surface area contributed by atoms with Crippen LogP contribution in [-0.2, 0) is 17.8 Å². The molecule has 0 aliphatic carbocycles. The predicted octanol–water partition coefficient (Wildman–Crippen LogP) is 1.94. The van der Waals surface area contributed by atoms with Crippen molar-refractivity contribution in [1.82, 2.24) is 15.1 Å². The molecule has 1 N–H and O–H groups in total. The fourth-order valence-corrected chi connectivity index (χ4v) is 3.99. The van der Waals surface area contributed by atoms with E-state index in [0.717, 1.165) is 37.5 Å². The van der Waals surface area contributed by atoms with E-state index in [-0.39, 0.29) is 18.0 Å². The number of aromatic nitrogens is 2. The zero-order chi connectivity index (χ0) is 23.0. The summed E-state index contributed by atoms with van der Waals surface area (Å²) >= 11 is 0. The first kappa shape index (κ1) is 22.4. The largest absolute Gasteiger partial charge is 0.496 e. The summed E-state index contributed by atoms with van der Waals surface area (Å²) in [5.74, 6) is 1.26. The lowest BCUT2D eigenvalue weighted by atomic mass is 10.1. The Morgan fingerprint density at radius 3 is 2.39 bits per heavy atom. The van der Waals surface area contributed by atoms with Gasteiger partial charge in [-0.25, -0.2) is 4.68 Å². The summed E-state index contributed by atoms with van der Waals surface area (Å²) in [6.07, 6.45) is 0.643. The number of ether oxygens (including phenoxy) is 1. The minimum absolute atomic E-state index is 0.109. The Hall–Kier alpha value is -3.81. The van der Waals surface area contributed by atoms with E-state index < -0.39 is 0 Å². The molecule has 1 fully saturated rings. The van der Waals surface area contributed by atoms with Crippen molar-refractivity contribution in [2.24, 2.45) is 0 Å². The summed E-state index contributed by atoms with van der Waals surface area (Å²) < 4.78 is 6.57. The van der Waals surface area contributed by atoms with E-state index in [4.69, 9.17) is 4.74 Å². The van der Waals surface area contributed by atoms with E-state index in [1.165, 1.54) is 16.4 Å². The molecule has 0 bridgehead atoms. The highest BCUT2D eigenvalue weighted by Crippen LogP contribution is 2.19. The number of benzene rings is 2. The third-order valence-corrected chi connectivity index (χ3v) is 5.78. The Kier molecular flexibility index (Phi) is 7.24. The van der Waals surface area contributed by atoms with Gasteiger partial charge < -0.3 is 19.9 Å². The number of piperazine rings is 1. The Balaban J connectivity index is 1.32. The lowest BCUT2D eigenvalue weighted by Crippen LogP contribution is -2.47. The van der Waals surface area contributed by atoms with Crippen LogP contribution in [0.1, 0.15) is 5.56 Å². The molecule has 1 aromatic heterocycles. The number of hydrogen-bond acceptors (Lipinski definition) is 6. The standard InChI is InChI=1S/C25H29N5O3/c1-33-22-10-6-5-7-20(22)13-14-26-24(31)19-30-25(32)12-11-23(27-30)29-17-15-28(16-18-29)21-8-3-2-4-9-21/h2-12H,13-19H2,1H3,(H,26,31). The molecular weight excluding hydrogens is 418 g/mol. The normalized spacial score (nSPS) is 13.6. The van der Waals surface area contributed by atoms with Crippen LogP contribution in [0.25, 0.3) is 0 Å². The number of amides is 1. The molecule has 1 saturated heterocycles. The average molecular weight is 448 g/mol. The zero-order valence-electron chi connectivity index (χ0n) is 18.8. The van der Waals surface area contributed by atoms with Gasteiger partial charge in [-0.2, -0.15) is 5.10 Å². The second-order valence-electron chi connectivity index (χ2n) is 7.91. The maximum absolute atomic E-state index is 12.4. The van der Waals surface area contributed by atoms with Gasteiger partial charge in [-0.05, 0) is 36.2 Å². The highest BCUT2D eigenvalue weighted by molar-refractivity contribution is 5.75. The van der Waals surface area contributed by atoms with Crippen LogP contribution < -0.4 is 25.4 Å². The van der Waals surface area contributed by atoms with Crippen molar-refractivity contribution in [2.75, 3.05) is 49.6 Å². The van der Waals surface area contributed by atoms with Gasteiger partial charge >= 0.3 is 0 Å². The van der Waals surface area contributed by atoms with Crippen molar-refractivity contribution >= 4 is 17.4 Å². The summed E-state index contributed by atoms with van der Waals surface area (Å²) in [7, 11) is 1.63. The molecule has 0 radical (unpaired) electrons. The summed E-state index contributed by atoms with van der Waals surface area (Å²) in [6, 6.07) is 21.3. The van der Waals surface area contributed by atoms with Crippen molar-refractivity contribution in [3.05, 3.63) is 82.6 Å². The third kappa shape index (κ3) is 5.71. The summed E-state index contributed by atoms with van der Waals surface area (Å²) in [5.41, 5.74) is 1.94. The molecule has 0 saturated carbocycles. The SMILES string of the molecule is COc1ccccc1CCNC(=O)Cn1nc(N2CCN(c3ccccc3)CC2)ccc1=O. The van der Waals surface area contributed by atoms with Crippen LogP contribution in [0.2, 0.25) is 0 Å². The van der Waals surface area contributed by atoms with Gasteiger partial charge in [-0.3, -0.25) is 9.59 Å². The minimum atomic E-state index is -0.290. The molecule has 8 heteroatoms. The smallest absolute Gasteiger partial charge is 0.267 e. The Morgan fingerprint density at radius 2 is 1.64 bits per heavy atom. The summed E-state index contributed by atoms with van der Waals surface area (Å²) in [4.78, 5) is 29.2. The van der Waals surface area contributed by atoms with Gasteiger partial charge in [0.15, 0.2) is 0 Å². The van der Waals surface area contributed by atoms with Crippen LogP contribution in [0.4, 0.5) is 11.5 Å². The molecule has 2 heterocycles. The van der Waals surface area contributed by atoms with Gasteiger partial charge in [0.25, 0.3) is 5.56 Å². The summed E-state index contributed by atoms with van der Waals surface area (Å²) in [6.45, 7) is 3.68. The van der Waals surface area contributed by atoms with E-state index in [1.54, 1.807) is 13.2 Å². The second-order valence-corrected chi connectivity index (χ2v) is 7.91. The molecule has 0 unspecified atom stereocenters. The number of rotatable bonds is 8. The lowest BCUT2D eigenvalue weighted by molar-refractivity contribution is -0.121. The van der Waals surface area contributed by atoms with Crippen LogP contribution in [0, 0.1) is 0 Å². The molecule has 3 aromatic rings. The number of methoxy groups -OCH3 is 1. The zero-order valence-corrected chi connectivity index (χ0v) is 18.8. The molecule has 8 nitrogen and oxygen atoms in total. The molecule has 1 amide bonds. The van der Waals surface area contributed by atoms with E-state index in [1.807, 2.05) is 42.5 Å². The van der Waals surface area contributed by atoms with Crippen molar-refractivity contribution < 1.29 is 9.53 Å². The Labute approximate surface area is 193 Å². The minimum Gasteiger partial charge on any atom is -0.496 e. The average Bonchev–Trinajstić information content (AvgIpc) is 2.86. The molecule has 4 rings (SSSR count). The van der Waals surface area contributed by atoms with Crippen LogP contribution in [-0.4, -0.2) is 55.5 Å². The highest BCUT2D eigenvalue weighted by atomic mass is 16.5. The van der Waals surface area contributed by atoms with E-state index in [9.17, 15) is 9.59 Å². The molecule has 1 aliphatic heterocycles. The number of nitrogens with zero attached hydrogens (tertiary/aromatic N) is 4. The monoisotopic (exact) mass is 447 g/mol. The first-order chi connectivity index (χ1) is 16.1. The number of para-hydroxylation sites is 2. The van der Waals surface area contributed by atoms with Gasteiger partial charge in [0.1, 0.15) is 18.1 Å². The van der Waals surface area contributed by atoms with Crippen molar-refractivity contribution in [3.63, 3.8) is 0 Å². The molecule has 1 aliphatic rings. The second kappa shape index (κ2) is 10.7. The van der Waals surface area contributed by atoms with E-state index in [2.05, 4.69) is 32.3 Å². The van der Waals surface area contributed by atoms with Gasteiger partial charge in [0.2, 0.25) is 5.91 Å². The first-order valence-corrected chi connectivity index (χ1v) is 11.2. The molecule has 172 valence electrons. The van der Waals surface area contributed by atoms with Crippen LogP contribution >= 0.6 is 0 Å². The number of carbonyl (C=O) groups excluding carboxylic acids is 1. The number of anilines is 2. The Bertz CT molecular complexity index is 1120. The van der Waals surface area contributed by atoms with Crippen LogP contribution in [0.3, 0.4) is 0 Å². The number of nitrogens with one attached hydrogen (secondary N) is 1. The first-order valence-electron chi connectivity index (χ1n) is 11.2. The fraction of sp³-hybridized carbons (Fsp3) is 0.320. The third-order valence-electron chi connectivity index (χ3n) is 5.78. The van der Waals surface area contributed by atoms with E-state index >= 15 is 0 Å². The molecule has 2 aromatic carbocycles. The lowest BCUT2D eigenvalue weighted by Gasteiger charge is -2.36. The molecule has 0 atom stereocenters. The van der Waals surface area contributed by atoms with E-state index in [0.29, 0.717) is 18.8 Å². The van der Waals surface area contributed by atoms with Crippen molar-refractivity contribution in [3.8, 4) is 5.75 Å². The highest BCUT2D eigenvalue weighted by Gasteiger charge is 2.19. The van der Waals surface area contributed by atoms with Crippen molar-refractivity contribution in [1.29, 1.82) is 0 Å². The summed E-state index contributed by atoms with van der Waals surface area (Å²) in [5, 5.41) is 7.32. The number of hydrogen-bond donors (Lipinski definition) is 1. The van der Waals surface area contributed by atoms with Gasteiger partial charge in [0.05, 0.1) is 7.11 Å². The van der Waals surface area contributed by atoms with Crippen molar-refractivity contribution in [2.45, 2.75) is 13.0 Å². The predicted molar refractivity (Wildman–Crippen MR) is 129 cm³/mol. The maximum atomic E-state index is 12.4. The van der Waals surface area contributed by atoms with Crippen LogP contribution in [0.15, 0.2) is 71.5 Å². The fourth-order valence-electron chi connectivity index (χ4n) is 3.99. The van der Waals surface area contributed by atoms with Gasteiger partial charge in [-0.15, -0.1) is 0 Å². The molecular formula is C25H29N5O3.